The molecule has 0 radical (unpaired) electrons. The second-order valence-corrected chi connectivity index (χ2v) is 59.0. The fraction of sp³-hybridized carbons (Fsp3) is 0.391. The molecule has 3 aliphatic carbocycles. The van der Waals surface area contributed by atoms with Crippen LogP contribution in [0.2, 0.25) is 13.1 Å². The van der Waals surface area contributed by atoms with Crippen LogP contribution in [0.25, 0.3) is 34.4 Å². The Balaban J connectivity index is 1.42. The van der Waals surface area contributed by atoms with Gasteiger partial charge in [0.2, 0.25) is 0 Å². The fourth-order valence-corrected chi connectivity index (χ4v) is 41.1. The first-order chi connectivity index (χ1) is 23.9. The molecular weight excluding hydrogens is 743 g/mol. The molecule has 2 unspecified atom stereocenters. The van der Waals surface area contributed by atoms with Crippen molar-refractivity contribution in [3.05, 3.63) is 129 Å². The molecule has 50 heavy (non-hydrogen) atoms. The SMILES string of the molecule is CCC1=Cc2c(-c3ccc(C(C)C)cc3)cccc2[CH]1[Zr]([Cl])([Cl])([CH]1C(C2CCCCC2)=Cc2c(-c3ccc(C(C)C)cc3)cccc21)[SiH](C)C. The molecule has 261 valence electrons. The molecule has 2 atom stereocenters. The molecule has 0 saturated heterocycles. The van der Waals surface area contributed by atoms with Crippen molar-refractivity contribution in [3.8, 4) is 22.3 Å². The van der Waals surface area contributed by atoms with E-state index >= 15 is 0 Å². The second-order valence-electron chi connectivity index (χ2n) is 16.5. The van der Waals surface area contributed by atoms with Gasteiger partial charge in [-0.15, -0.1) is 0 Å². The summed E-state index contributed by atoms with van der Waals surface area (Å²) in [5, 5.41) is 0. The summed E-state index contributed by atoms with van der Waals surface area (Å²) in [6.07, 6.45) is 12.5. The number of hydrogen-bond acceptors (Lipinski definition) is 0. The summed E-state index contributed by atoms with van der Waals surface area (Å²) >= 11 is -4.87. The third kappa shape index (κ3) is 6.07. The van der Waals surface area contributed by atoms with Gasteiger partial charge in [-0.05, 0) is 0 Å². The minimum atomic E-state index is -4.87. The summed E-state index contributed by atoms with van der Waals surface area (Å²) in [5.74, 6) is -0.0604. The summed E-state index contributed by atoms with van der Waals surface area (Å²) in [7, 11) is 17.7. The van der Waals surface area contributed by atoms with E-state index in [2.05, 4.69) is 145 Å². The fourth-order valence-electron chi connectivity index (χ4n) is 9.68. The van der Waals surface area contributed by atoms with E-state index in [1.165, 1.54) is 93.3 Å². The molecule has 4 aromatic carbocycles. The Labute approximate surface area is 311 Å². The van der Waals surface area contributed by atoms with E-state index in [-0.39, 0.29) is 7.25 Å². The van der Waals surface area contributed by atoms with Crippen LogP contribution in [-0.4, -0.2) is 5.92 Å². The molecule has 4 heteroatoms. The number of fused-ring (bicyclic) bond motifs is 2. The molecule has 0 spiro atoms. The van der Waals surface area contributed by atoms with Crippen molar-refractivity contribution in [2.45, 2.75) is 105 Å². The first-order valence-corrected chi connectivity index (χ1v) is 35.7. The zero-order chi connectivity index (χ0) is 35.4. The van der Waals surface area contributed by atoms with E-state index in [0.29, 0.717) is 17.8 Å². The summed E-state index contributed by atoms with van der Waals surface area (Å²) in [6, 6.07) is 32.5. The molecular formula is C46H55Cl2SiZr. The molecule has 0 bridgehead atoms. The Morgan fingerprint density at radius 2 is 1.12 bits per heavy atom. The van der Waals surface area contributed by atoms with Crippen LogP contribution in [0.15, 0.2) is 96.1 Å². The van der Waals surface area contributed by atoms with Gasteiger partial charge in [-0.3, -0.25) is 0 Å². The molecule has 1 saturated carbocycles. The summed E-state index contributed by atoms with van der Waals surface area (Å²) in [4.78, 5) is 0. The number of halogens is 2. The van der Waals surface area contributed by atoms with Crippen LogP contribution in [0.4, 0.5) is 0 Å². The van der Waals surface area contributed by atoms with E-state index in [1.807, 2.05) is 0 Å². The van der Waals surface area contributed by atoms with Crippen LogP contribution in [-0.2, 0) is 15.6 Å². The first kappa shape index (κ1) is 36.4. The molecule has 0 heterocycles. The molecule has 0 aromatic heterocycles. The number of benzene rings is 4. The third-order valence-corrected chi connectivity index (χ3v) is 64.5. The monoisotopic (exact) mass is 795 g/mol. The molecule has 0 N–H and O–H groups in total. The van der Waals surface area contributed by atoms with Crippen molar-refractivity contribution in [2.75, 3.05) is 0 Å². The zero-order valence-corrected chi connectivity index (χ0v) is 36.3. The summed E-state index contributed by atoms with van der Waals surface area (Å²) in [5.41, 5.74) is 16.5. The van der Waals surface area contributed by atoms with E-state index in [9.17, 15) is 0 Å². The molecule has 0 nitrogen and oxygen atoms in total. The molecule has 3 aliphatic rings. The van der Waals surface area contributed by atoms with Crippen molar-refractivity contribution >= 4 is 35.1 Å². The van der Waals surface area contributed by atoms with Gasteiger partial charge in [0.05, 0.1) is 0 Å². The van der Waals surface area contributed by atoms with Crippen LogP contribution >= 0.6 is 17.0 Å². The van der Waals surface area contributed by atoms with Gasteiger partial charge in [-0.2, -0.15) is 0 Å². The predicted octanol–water partition coefficient (Wildman–Crippen LogP) is 14.8. The van der Waals surface area contributed by atoms with E-state index in [1.54, 1.807) is 5.57 Å². The first-order valence-electron chi connectivity index (χ1n) is 19.4. The van der Waals surface area contributed by atoms with Gasteiger partial charge in [0.25, 0.3) is 0 Å². The minimum absolute atomic E-state index is 0.123. The van der Waals surface area contributed by atoms with Gasteiger partial charge in [0, 0.05) is 0 Å². The maximum absolute atomic E-state index is 8.85. The Hall–Kier alpha value is -1.96. The van der Waals surface area contributed by atoms with Gasteiger partial charge in [-0.25, -0.2) is 0 Å². The molecule has 7 rings (SSSR count). The molecule has 4 aromatic rings. The normalized spacial score (nSPS) is 20.1. The topological polar surface area (TPSA) is 0 Å². The van der Waals surface area contributed by atoms with Crippen LogP contribution < -0.4 is 0 Å². The van der Waals surface area contributed by atoms with Crippen LogP contribution in [0.1, 0.15) is 126 Å². The van der Waals surface area contributed by atoms with E-state index in [4.69, 9.17) is 17.0 Å². The van der Waals surface area contributed by atoms with Gasteiger partial charge in [0.15, 0.2) is 0 Å². The Morgan fingerprint density at radius 1 is 0.640 bits per heavy atom. The Morgan fingerprint density at radius 3 is 1.58 bits per heavy atom. The molecule has 0 amide bonds. The zero-order valence-electron chi connectivity index (χ0n) is 31.2. The van der Waals surface area contributed by atoms with Crippen molar-refractivity contribution in [1.82, 2.24) is 0 Å². The second kappa shape index (κ2) is 14.1. The Kier molecular flexibility index (Phi) is 10.3. The van der Waals surface area contributed by atoms with Crippen LogP contribution in [0.5, 0.6) is 0 Å². The maximum atomic E-state index is 8.85. The van der Waals surface area contributed by atoms with Crippen molar-refractivity contribution in [2.24, 2.45) is 5.92 Å². The van der Waals surface area contributed by atoms with Crippen LogP contribution in [0, 0.1) is 5.92 Å². The number of rotatable bonds is 9. The summed E-state index contributed by atoms with van der Waals surface area (Å²) in [6.45, 7) is 16.4. The van der Waals surface area contributed by atoms with Gasteiger partial charge in [-0.1, -0.05) is 0 Å². The standard InChI is InChI=1S/C24H27.C20H21.C2H7Si.2ClH.Zr/c1-17(2)18-11-13-20(14-12-18)23-10-6-9-21-15-22(16-24(21)23)19-7-4-3-5-8-19;1-4-15-12-18-6-5-7-19(20(18)13-15)17-10-8-16(9-11-17)14(2)3;1-3-2;;;/h6,9-17,19H,3-5,7-8H2,1-2H3;5-14H,4H2,1-3H3;3H,1-2H3;2*1H;/q;;;;;+2/p-2. The molecule has 1 fully saturated rings. The average Bonchev–Trinajstić information content (AvgIpc) is 3.73. The average molecular weight is 798 g/mol. The quantitative estimate of drug-likeness (QED) is 0.148. The van der Waals surface area contributed by atoms with Crippen LogP contribution in [0.3, 0.4) is 0 Å². The van der Waals surface area contributed by atoms with Crippen molar-refractivity contribution in [1.29, 1.82) is 0 Å². The van der Waals surface area contributed by atoms with Crippen molar-refractivity contribution < 1.29 is 15.6 Å². The van der Waals surface area contributed by atoms with Gasteiger partial charge < -0.3 is 0 Å². The molecule has 0 aliphatic heterocycles. The number of allylic oxidation sites excluding steroid dienone is 2. The van der Waals surface area contributed by atoms with Gasteiger partial charge >= 0.3 is 314 Å². The summed E-state index contributed by atoms with van der Waals surface area (Å²) < 4.78 is 0.262. The van der Waals surface area contributed by atoms with Crippen molar-refractivity contribution in [3.63, 3.8) is 0 Å². The third-order valence-electron chi connectivity index (χ3n) is 12.7. The van der Waals surface area contributed by atoms with E-state index in [0.717, 1.165) is 6.42 Å². The number of hydrogen-bond donors (Lipinski definition) is 0. The van der Waals surface area contributed by atoms with Gasteiger partial charge in [0.1, 0.15) is 0 Å². The van der Waals surface area contributed by atoms with E-state index < -0.39 is 21.5 Å². The predicted molar refractivity (Wildman–Crippen MR) is 221 cm³/mol. The Bertz CT molecular complexity index is 1940.